The molecule has 0 aliphatic rings. The SMILES string of the molecule is C[C@H](CCCC(O)c1ccc(O)c(O)c1)NCc1ccc2cnccc2c1.Cl. The van der Waals surface area contributed by atoms with Crippen molar-refractivity contribution in [2.75, 3.05) is 0 Å². The second kappa shape index (κ2) is 10.3. The number of nitrogens with one attached hydrogen (secondary N) is 1. The predicted molar refractivity (Wildman–Crippen MR) is 114 cm³/mol. The fourth-order valence-corrected chi connectivity index (χ4v) is 3.17. The molecule has 150 valence electrons. The number of aromatic hydroxyl groups is 2. The average molecular weight is 403 g/mol. The summed E-state index contributed by atoms with van der Waals surface area (Å²) in [7, 11) is 0. The lowest BCUT2D eigenvalue weighted by Crippen LogP contribution is -2.25. The van der Waals surface area contributed by atoms with Gasteiger partial charge < -0.3 is 20.6 Å². The number of phenols is 2. The molecule has 0 radical (unpaired) electrons. The zero-order valence-electron chi connectivity index (χ0n) is 15.9. The van der Waals surface area contributed by atoms with Crippen LogP contribution in [0.2, 0.25) is 0 Å². The molecule has 0 saturated carbocycles. The van der Waals surface area contributed by atoms with E-state index in [0.717, 1.165) is 24.8 Å². The second-order valence-corrected chi connectivity index (χ2v) is 7.03. The molecule has 0 amide bonds. The number of aromatic nitrogens is 1. The highest BCUT2D eigenvalue weighted by Gasteiger charge is 2.11. The Labute approximate surface area is 171 Å². The average Bonchev–Trinajstić information content (AvgIpc) is 2.68. The second-order valence-electron chi connectivity index (χ2n) is 7.03. The zero-order chi connectivity index (χ0) is 19.2. The molecule has 3 aromatic rings. The molecule has 0 spiro atoms. The van der Waals surface area contributed by atoms with Crippen LogP contribution in [0.15, 0.2) is 54.9 Å². The third-order valence-corrected chi connectivity index (χ3v) is 4.86. The summed E-state index contributed by atoms with van der Waals surface area (Å²) in [6.07, 6.45) is 5.45. The Balaban J connectivity index is 0.00000280. The van der Waals surface area contributed by atoms with Crippen LogP contribution in [-0.2, 0) is 6.54 Å². The van der Waals surface area contributed by atoms with Gasteiger partial charge in [-0.05, 0) is 67.0 Å². The molecule has 2 atom stereocenters. The van der Waals surface area contributed by atoms with Crippen LogP contribution >= 0.6 is 12.4 Å². The van der Waals surface area contributed by atoms with Crippen molar-refractivity contribution in [1.82, 2.24) is 10.3 Å². The van der Waals surface area contributed by atoms with Gasteiger partial charge in [0.1, 0.15) is 0 Å². The largest absolute Gasteiger partial charge is 0.504 e. The number of hydrogen-bond acceptors (Lipinski definition) is 5. The van der Waals surface area contributed by atoms with E-state index in [9.17, 15) is 15.3 Å². The van der Waals surface area contributed by atoms with Crippen LogP contribution < -0.4 is 5.32 Å². The molecule has 2 aromatic carbocycles. The van der Waals surface area contributed by atoms with Crippen LogP contribution in [0.25, 0.3) is 10.8 Å². The number of phenolic OH excluding ortho intramolecular Hbond substituents is 2. The molecule has 4 N–H and O–H groups in total. The van der Waals surface area contributed by atoms with Gasteiger partial charge in [-0.3, -0.25) is 4.98 Å². The number of hydrogen-bond donors (Lipinski definition) is 4. The minimum atomic E-state index is -0.641. The van der Waals surface area contributed by atoms with Gasteiger partial charge >= 0.3 is 0 Å². The summed E-state index contributed by atoms with van der Waals surface area (Å²) in [6.45, 7) is 2.94. The van der Waals surface area contributed by atoms with Gasteiger partial charge in [0.15, 0.2) is 11.5 Å². The normalized spacial score (nSPS) is 13.1. The summed E-state index contributed by atoms with van der Waals surface area (Å²) >= 11 is 0. The lowest BCUT2D eigenvalue weighted by Gasteiger charge is -2.16. The maximum Gasteiger partial charge on any atom is 0.157 e. The van der Waals surface area contributed by atoms with Gasteiger partial charge in [0.2, 0.25) is 0 Å². The molecule has 6 heteroatoms. The molecule has 0 fully saturated rings. The number of fused-ring (bicyclic) bond motifs is 1. The van der Waals surface area contributed by atoms with E-state index in [-0.39, 0.29) is 23.9 Å². The van der Waals surface area contributed by atoms with Crippen LogP contribution in [0.4, 0.5) is 0 Å². The first-order chi connectivity index (χ1) is 13.0. The first-order valence-electron chi connectivity index (χ1n) is 9.29. The van der Waals surface area contributed by atoms with Gasteiger partial charge in [-0.1, -0.05) is 18.2 Å². The van der Waals surface area contributed by atoms with E-state index in [1.165, 1.54) is 23.1 Å². The van der Waals surface area contributed by atoms with Crippen LogP contribution in [0.3, 0.4) is 0 Å². The highest BCUT2D eigenvalue weighted by atomic mass is 35.5. The zero-order valence-corrected chi connectivity index (χ0v) is 16.7. The predicted octanol–water partition coefficient (Wildman–Crippen LogP) is 4.45. The van der Waals surface area contributed by atoms with Gasteiger partial charge in [0.25, 0.3) is 0 Å². The summed E-state index contributed by atoms with van der Waals surface area (Å²) in [4.78, 5) is 4.13. The van der Waals surface area contributed by atoms with E-state index >= 15 is 0 Å². The smallest absolute Gasteiger partial charge is 0.157 e. The summed E-state index contributed by atoms with van der Waals surface area (Å²) in [6, 6.07) is 13.2. The third-order valence-electron chi connectivity index (χ3n) is 4.86. The molecular formula is C22H27ClN2O3. The lowest BCUT2D eigenvalue weighted by atomic mass is 10.0. The number of benzene rings is 2. The van der Waals surface area contributed by atoms with E-state index in [1.54, 1.807) is 12.3 Å². The van der Waals surface area contributed by atoms with Gasteiger partial charge in [0, 0.05) is 30.4 Å². The molecule has 1 unspecified atom stereocenters. The Morgan fingerprint density at radius 2 is 1.79 bits per heavy atom. The molecule has 1 aromatic heterocycles. The van der Waals surface area contributed by atoms with Gasteiger partial charge in [-0.2, -0.15) is 0 Å². The number of rotatable bonds is 8. The van der Waals surface area contributed by atoms with Crippen LogP contribution in [0.1, 0.15) is 43.4 Å². The molecule has 0 aliphatic heterocycles. The van der Waals surface area contributed by atoms with Crippen LogP contribution in [0, 0.1) is 0 Å². The van der Waals surface area contributed by atoms with Crippen molar-refractivity contribution in [3.63, 3.8) is 0 Å². The van der Waals surface area contributed by atoms with Crippen molar-refractivity contribution in [1.29, 1.82) is 0 Å². The highest BCUT2D eigenvalue weighted by Crippen LogP contribution is 2.29. The Bertz CT molecular complexity index is 904. The molecule has 5 nitrogen and oxygen atoms in total. The number of pyridine rings is 1. The number of nitrogens with zero attached hydrogens (tertiary/aromatic N) is 1. The minimum absolute atomic E-state index is 0. The summed E-state index contributed by atoms with van der Waals surface area (Å²) < 4.78 is 0. The highest BCUT2D eigenvalue weighted by molar-refractivity contribution is 5.85. The van der Waals surface area contributed by atoms with Crippen molar-refractivity contribution in [3.8, 4) is 11.5 Å². The van der Waals surface area contributed by atoms with E-state index in [2.05, 4.69) is 35.4 Å². The van der Waals surface area contributed by atoms with Crippen LogP contribution in [0.5, 0.6) is 11.5 Å². The standard InChI is InChI=1S/C22H26N2O3.ClH/c1-15(3-2-4-20(25)18-7-8-21(26)22(27)12-18)24-13-16-5-6-19-14-23-10-9-17(19)11-16;/h5-12,14-15,20,24-27H,2-4,13H2,1H3;1H/t15-,20?;/m1./s1. The number of aliphatic hydroxyl groups excluding tert-OH is 1. The van der Waals surface area contributed by atoms with Crippen molar-refractivity contribution in [2.45, 2.75) is 44.9 Å². The van der Waals surface area contributed by atoms with Gasteiger partial charge in [-0.25, -0.2) is 0 Å². The lowest BCUT2D eigenvalue weighted by molar-refractivity contribution is 0.162. The topological polar surface area (TPSA) is 85.6 Å². The number of halogens is 1. The van der Waals surface area contributed by atoms with Gasteiger partial charge in [0.05, 0.1) is 6.10 Å². The quantitative estimate of drug-likeness (QED) is 0.418. The molecule has 0 saturated heterocycles. The first-order valence-corrected chi connectivity index (χ1v) is 9.29. The van der Waals surface area contributed by atoms with E-state index in [1.807, 2.05) is 12.3 Å². The minimum Gasteiger partial charge on any atom is -0.504 e. The maximum atomic E-state index is 10.2. The van der Waals surface area contributed by atoms with Crippen molar-refractivity contribution >= 4 is 23.2 Å². The fraction of sp³-hybridized carbons (Fsp3) is 0.318. The van der Waals surface area contributed by atoms with Crippen LogP contribution in [-0.4, -0.2) is 26.3 Å². The Morgan fingerprint density at radius 3 is 2.57 bits per heavy atom. The Hall–Kier alpha value is -2.34. The molecule has 3 rings (SSSR count). The van der Waals surface area contributed by atoms with E-state index in [0.29, 0.717) is 18.0 Å². The van der Waals surface area contributed by atoms with Gasteiger partial charge in [-0.15, -0.1) is 12.4 Å². The molecule has 0 bridgehead atoms. The molecule has 0 aliphatic carbocycles. The Morgan fingerprint density at radius 1 is 0.964 bits per heavy atom. The maximum absolute atomic E-state index is 10.2. The van der Waals surface area contributed by atoms with Crippen molar-refractivity contribution < 1.29 is 15.3 Å². The Kier molecular flexibility index (Phi) is 8.05. The summed E-state index contributed by atoms with van der Waals surface area (Å²) in [5.41, 5.74) is 1.86. The summed E-state index contributed by atoms with van der Waals surface area (Å²) in [5, 5.41) is 35.0. The third kappa shape index (κ3) is 5.83. The molecular weight excluding hydrogens is 376 g/mol. The van der Waals surface area contributed by atoms with E-state index in [4.69, 9.17) is 0 Å². The van der Waals surface area contributed by atoms with E-state index < -0.39 is 6.10 Å². The summed E-state index contributed by atoms with van der Waals surface area (Å²) in [5.74, 6) is -0.374. The molecule has 28 heavy (non-hydrogen) atoms. The molecule has 1 heterocycles. The number of aliphatic hydroxyl groups is 1. The van der Waals surface area contributed by atoms with Crippen molar-refractivity contribution in [3.05, 3.63) is 66.0 Å². The van der Waals surface area contributed by atoms with Crippen molar-refractivity contribution in [2.24, 2.45) is 0 Å². The monoisotopic (exact) mass is 402 g/mol. The fourth-order valence-electron chi connectivity index (χ4n) is 3.17. The first kappa shape index (κ1) is 22.0.